The minimum atomic E-state index is -1.33. The molecular formula is C9H7Cl2NO3. The topological polar surface area (TPSA) is 58.9 Å². The Morgan fingerprint density at radius 2 is 2.27 bits per heavy atom. The molecule has 0 unspecified atom stereocenters. The Morgan fingerprint density at radius 1 is 1.53 bits per heavy atom. The van der Waals surface area contributed by atoms with Crippen molar-refractivity contribution >= 4 is 34.3 Å². The van der Waals surface area contributed by atoms with Gasteiger partial charge in [0.15, 0.2) is 0 Å². The molecule has 1 aromatic carbocycles. The molecule has 0 fully saturated rings. The first-order valence-electron chi connectivity index (χ1n) is 3.93. The zero-order valence-electron chi connectivity index (χ0n) is 7.48. The van der Waals surface area contributed by atoms with Crippen molar-refractivity contribution in [3.8, 4) is 0 Å². The molecule has 0 bridgehead atoms. The fraction of sp³-hybridized carbons (Fsp3) is 0.111. The van der Waals surface area contributed by atoms with Crippen molar-refractivity contribution in [3.05, 3.63) is 34.9 Å². The number of rotatable bonds is 4. The minimum Gasteiger partial charge on any atom is -0.476 e. The van der Waals surface area contributed by atoms with Gasteiger partial charge in [-0.05, 0) is 17.7 Å². The maximum atomic E-state index is 10.2. The van der Waals surface area contributed by atoms with Crippen molar-refractivity contribution in [3.63, 3.8) is 0 Å². The molecule has 0 saturated heterocycles. The zero-order valence-corrected chi connectivity index (χ0v) is 9.00. The second kappa shape index (κ2) is 5.58. The average Bonchev–Trinajstić information content (AvgIpc) is 2.17. The fourth-order valence-corrected chi connectivity index (χ4v) is 1.09. The van der Waals surface area contributed by atoms with Crippen LogP contribution in [0.2, 0.25) is 5.02 Å². The van der Waals surface area contributed by atoms with Crippen LogP contribution in [0.1, 0.15) is 5.56 Å². The van der Waals surface area contributed by atoms with Crippen molar-refractivity contribution in [2.24, 2.45) is 5.16 Å². The lowest BCUT2D eigenvalue weighted by Gasteiger charge is -2.00. The van der Waals surface area contributed by atoms with Gasteiger partial charge in [0.2, 0.25) is 0 Å². The molecule has 0 aromatic heterocycles. The molecule has 0 aliphatic heterocycles. The molecule has 1 aromatic rings. The van der Waals surface area contributed by atoms with Gasteiger partial charge in [-0.3, -0.25) is 0 Å². The summed E-state index contributed by atoms with van der Waals surface area (Å²) in [6.45, 7) is 0.115. The number of carbonyl (C=O) groups is 1. The number of nitrogens with zero attached hydrogens (tertiary/aromatic N) is 1. The van der Waals surface area contributed by atoms with Crippen molar-refractivity contribution < 1.29 is 14.7 Å². The maximum absolute atomic E-state index is 10.2. The summed E-state index contributed by atoms with van der Waals surface area (Å²) in [5.41, 5.74) is 0.779. The number of benzene rings is 1. The van der Waals surface area contributed by atoms with E-state index in [-0.39, 0.29) is 6.61 Å². The molecule has 0 aliphatic rings. The molecule has 0 heterocycles. The molecule has 1 rings (SSSR count). The second-order valence-corrected chi connectivity index (χ2v) is 3.39. The Morgan fingerprint density at radius 3 is 2.87 bits per heavy atom. The van der Waals surface area contributed by atoms with E-state index >= 15 is 0 Å². The van der Waals surface area contributed by atoms with Gasteiger partial charge in [-0.25, -0.2) is 4.79 Å². The molecule has 0 radical (unpaired) electrons. The van der Waals surface area contributed by atoms with E-state index in [1.54, 1.807) is 24.3 Å². The first-order valence-corrected chi connectivity index (χ1v) is 4.68. The third-order valence-electron chi connectivity index (χ3n) is 1.44. The lowest BCUT2D eigenvalue weighted by molar-refractivity contribution is -0.129. The van der Waals surface area contributed by atoms with Crippen LogP contribution in [0.5, 0.6) is 0 Å². The molecule has 6 heteroatoms. The van der Waals surface area contributed by atoms with Gasteiger partial charge in [0.25, 0.3) is 5.17 Å². The minimum absolute atomic E-state index is 0.115. The van der Waals surface area contributed by atoms with Crippen LogP contribution >= 0.6 is 23.2 Å². The summed E-state index contributed by atoms with van der Waals surface area (Å²) < 4.78 is 0. The number of hydrogen-bond acceptors (Lipinski definition) is 3. The zero-order chi connectivity index (χ0) is 11.3. The number of hydrogen-bond donors (Lipinski definition) is 1. The van der Waals surface area contributed by atoms with E-state index in [4.69, 9.17) is 33.1 Å². The van der Waals surface area contributed by atoms with Crippen LogP contribution in [0.3, 0.4) is 0 Å². The highest BCUT2D eigenvalue weighted by Crippen LogP contribution is 2.11. The molecule has 0 spiro atoms. The molecule has 0 atom stereocenters. The highest BCUT2D eigenvalue weighted by molar-refractivity contribution is 6.81. The van der Waals surface area contributed by atoms with Crippen LogP contribution in [-0.4, -0.2) is 16.2 Å². The highest BCUT2D eigenvalue weighted by atomic mass is 35.5. The van der Waals surface area contributed by atoms with Crippen LogP contribution in [-0.2, 0) is 16.2 Å². The van der Waals surface area contributed by atoms with E-state index < -0.39 is 11.1 Å². The van der Waals surface area contributed by atoms with Gasteiger partial charge in [0.05, 0.1) is 0 Å². The van der Waals surface area contributed by atoms with Crippen LogP contribution < -0.4 is 0 Å². The average molecular weight is 248 g/mol. The summed E-state index contributed by atoms with van der Waals surface area (Å²) in [6, 6.07) is 6.93. The molecule has 0 amide bonds. The van der Waals surface area contributed by atoms with Gasteiger partial charge in [0.1, 0.15) is 6.61 Å². The Bertz CT molecular complexity index is 393. The predicted octanol–water partition coefficient (Wildman–Crippen LogP) is 2.49. The first-order chi connectivity index (χ1) is 7.09. The van der Waals surface area contributed by atoms with Gasteiger partial charge < -0.3 is 9.94 Å². The smallest absolute Gasteiger partial charge is 0.369 e. The summed E-state index contributed by atoms with van der Waals surface area (Å²) in [4.78, 5) is 14.9. The molecule has 80 valence electrons. The van der Waals surface area contributed by atoms with Gasteiger partial charge in [0, 0.05) is 5.02 Å². The largest absolute Gasteiger partial charge is 0.476 e. The van der Waals surface area contributed by atoms with E-state index in [9.17, 15) is 4.79 Å². The third-order valence-corrected chi connectivity index (χ3v) is 1.91. The Balaban J connectivity index is 2.51. The molecule has 0 saturated carbocycles. The number of halogens is 2. The fourth-order valence-electron chi connectivity index (χ4n) is 0.829. The quantitative estimate of drug-likeness (QED) is 0.657. The third kappa shape index (κ3) is 4.18. The van der Waals surface area contributed by atoms with E-state index in [1.165, 1.54) is 0 Å². The molecular weight excluding hydrogens is 241 g/mol. The van der Waals surface area contributed by atoms with Crippen molar-refractivity contribution in [1.82, 2.24) is 0 Å². The Hall–Kier alpha value is -1.26. The van der Waals surface area contributed by atoms with Gasteiger partial charge >= 0.3 is 5.97 Å². The Labute approximate surface area is 96.1 Å². The molecule has 1 N–H and O–H groups in total. The van der Waals surface area contributed by atoms with Gasteiger partial charge in [-0.15, -0.1) is 0 Å². The number of carboxylic acids is 1. The maximum Gasteiger partial charge on any atom is 0.369 e. The van der Waals surface area contributed by atoms with Crippen molar-refractivity contribution in [2.45, 2.75) is 6.61 Å². The van der Waals surface area contributed by atoms with Crippen LogP contribution in [0, 0.1) is 0 Å². The summed E-state index contributed by atoms with van der Waals surface area (Å²) in [5, 5.41) is 11.5. The SMILES string of the molecule is O=C(O)C(Cl)=NOCc1cccc(Cl)c1. The van der Waals surface area contributed by atoms with Crippen molar-refractivity contribution in [1.29, 1.82) is 0 Å². The van der Waals surface area contributed by atoms with Gasteiger partial charge in [-0.2, -0.15) is 0 Å². The number of aliphatic carboxylic acids is 1. The molecule has 15 heavy (non-hydrogen) atoms. The number of carboxylic acid groups (broad SMARTS) is 1. The lowest BCUT2D eigenvalue weighted by Crippen LogP contribution is -2.05. The van der Waals surface area contributed by atoms with Crippen LogP contribution in [0.4, 0.5) is 0 Å². The molecule has 0 aliphatic carbocycles. The van der Waals surface area contributed by atoms with E-state index in [1.807, 2.05) is 0 Å². The normalized spacial score (nSPS) is 11.2. The Kier molecular flexibility index (Phi) is 4.39. The van der Waals surface area contributed by atoms with Gasteiger partial charge in [-0.1, -0.05) is 40.5 Å². The summed E-state index contributed by atoms with van der Waals surface area (Å²) in [6.07, 6.45) is 0. The van der Waals surface area contributed by atoms with E-state index in [2.05, 4.69) is 5.16 Å². The number of oxime groups is 1. The van der Waals surface area contributed by atoms with Crippen LogP contribution in [0.15, 0.2) is 29.4 Å². The lowest BCUT2D eigenvalue weighted by atomic mass is 10.2. The monoisotopic (exact) mass is 247 g/mol. The molecule has 4 nitrogen and oxygen atoms in total. The predicted molar refractivity (Wildman–Crippen MR) is 57.2 cm³/mol. The summed E-state index contributed by atoms with van der Waals surface area (Å²) in [5.74, 6) is -1.33. The van der Waals surface area contributed by atoms with E-state index in [0.29, 0.717) is 5.02 Å². The first kappa shape index (κ1) is 11.8. The van der Waals surface area contributed by atoms with E-state index in [0.717, 1.165) is 5.56 Å². The van der Waals surface area contributed by atoms with Crippen LogP contribution in [0.25, 0.3) is 0 Å². The van der Waals surface area contributed by atoms with Crippen molar-refractivity contribution in [2.75, 3.05) is 0 Å². The highest BCUT2D eigenvalue weighted by Gasteiger charge is 2.04. The summed E-state index contributed by atoms with van der Waals surface area (Å²) in [7, 11) is 0. The standard InChI is InChI=1S/C9H7Cl2NO3/c10-7-3-1-2-6(4-7)5-15-12-8(11)9(13)14/h1-4H,5H2,(H,13,14). The second-order valence-electron chi connectivity index (χ2n) is 2.59. The summed E-state index contributed by atoms with van der Waals surface area (Å²) >= 11 is 10.9.